The molecule has 0 spiro atoms. The third kappa shape index (κ3) is 4.28. The highest BCUT2D eigenvalue weighted by molar-refractivity contribution is 8.00. The topological polar surface area (TPSA) is 69.0 Å². The number of benzene rings is 2. The Hall–Kier alpha value is -2.87. The van der Waals surface area contributed by atoms with Crippen molar-refractivity contribution in [1.29, 1.82) is 0 Å². The van der Waals surface area contributed by atoms with E-state index in [1.54, 1.807) is 42.9 Å². The number of methoxy groups -OCH3 is 1. The fourth-order valence-corrected chi connectivity index (χ4v) is 3.28. The van der Waals surface area contributed by atoms with E-state index in [9.17, 15) is 9.18 Å². The molecule has 3 rings (SSSR count). The van der Waals surface area contributed by atoms with E-state index in [2.05, 4.69) is 15.5 Å². The summed E-state index contributed by atoms with van der Waals surface area (Å²) in [4.78, 5) is 12.5. The number of carbonyl (C=O) groups is 1. The zero-order valence-electron chi connectivity index (χ0n) is 15.1. The van der Waals surface area contributed by atoms with Crippen LogP contribution in [0.5, 0.6) is 5.75 Å². The molecule has 140 valence electrons. The Bertz CT molecular complexity index is 943. The molecule has 1 heterocycles. The highest BCUT2D eigenvalue weighted by Crippen LogP contribution is 2.28. The molecule has 0 fully saturated rings. The predicted octanol–water partition coefficient (Wildman–Crippen LogP) is 3.75. The Morgan fingerprint density at radius 1 is 1.19 bits per heavy atom. The maximum absolute atomic E-state index is 13.1. The van der Waals surface area contributed by atoms with Crippen LogP contribution in [-0.4, -0.2) is 33.0 Å². The quantitative estimate of drug-likeness (QED) is 0.654. The van der Waals surface area contributed by atoms with Gasteiger partial charge in [0.05, 0.1) is 18.0 Å². The van der Waals surface area contributed by atoms with E-state index >= 15 is 0 Å². The van der Waals surface area contributed by atoms with Crippen molar-refractivity contribution >= 4 is 23.4 Å². The van der Waals surface area contributed by atoms with Crippen molar-refractivity contribution in [3.05, 3.63) is 54.3 Å². The summed E-state index contributed by atoms with van der Waals surface area (Å²) in [5.41, 5.74) is 1.37. The summed E-state index contributed by atoms with van der Waals surface area (Å²) < 4.78 is 20.1. The van der Waals surface area contributed by atoms with Gasteiger partial charge in [-0.05, 0) is 43.3 Å². The van der Waals surface area contributed by atoms with Crippen LogP contribution in [0.4, 0.5) is 10.1 Å². The van der Waals surface area contributed by atoms with Gasteiger partial charge in [-0.3, -0.25) is 4.79 Å². The molecule has 1 N–H and O–H groups in total. The first-order valence-electron chi connectivity index (χ1n) is 8.25. The van der Waals surface area contributed by atoms with Gasteiger partial charge in [0, 0.05) is 12.6 Å². The molecular formula is C19H19FN4O2S. The second-order valence-corrected chi connectivity index (χ2v) is 7.13. The molecule has 27 heavy (non-hydrogen) atoms. The molecule has 0 aliphatic heterocycles. The van der Waals surface area contributed by atoms with Crippen LogP contribution < -0.4 is 10.1 Å². The van der Waals surface area contributed by atoms with Crippen LogP contribution in [0.15, 0.2) is 53.7 Å². The molecule has 0 saturated carbocycles. The Morgan fingerprint density at radius 2 is 1.89 bits per heavy atom. The van der Waals surface area contributed by atoms with Crippen molar-refractivity contribution < 1.29 is 13.9 Å². The summed E-state index contributed by atoms with van der Waals surface area (Å²) in [6, 6.07) is 13.3. The number of nitrogens with zero attached hydrogens (tertiary/aromatic N) is 3. The molecule has 8 heteroatoms. The maximum Gasteiger partial charge on any atom is 0.237 e. The zero-order valence-corrected chi connectivity index (χ0v) is 16.0. The van der Waals surface area contributed by atoms with Crippen LogP contribution in [0, 0.1) is 5.82 Å². The van der Waals surface area contributed by atoms with Gasteiger partial charge in [0.1, 0.15) is 11.6 Å². The number of ether oxygens (including phenoxy) is 1. The van der Waals surface area contributed by atoms with Gasteiger partial charge in [0.25, 0.3) is 0 Å². The summed E-state index contributed by atoms with van der Waals surface area (Å²) >= 11 is 1.29. The van der Waals surface area contributed by atoms with E-state index in [1.807, 2.05) is 19.2 Å². The number of nitrogens with one attached hydrogen (secondary N) is 1. The number of thioether (sulfide) groups is 1. The van der Waals surface area contributed by atoms with Gasteiger partial charge in [-0.2, -0.15) is 0 Å². The van der Waals surface area contributed by atoms with Gasteiger partial charge >= 0.3 is 0 Å². The lowest BCUT2D eigenvalue weighted by Gasteiger charge is -2.13. The normalized spacial score (nSPS) is 11.9. The van der Waals surface area contributed by atoms with Gasteiger partial charge in [-0.25, -0.2) is 4.39 Å². The monoisotopic (exact) mass is 386 g/mol. The SMILES string of the molecule is COc1ccccc1NC(=O)[C@H](C)Sc1nnc(-c2ccc(F)cc2)n1C. The molecule has 0 aliphatic carbocycles. The summed E-state index contributed by atoms with van der Waals surface area (Å²) in [5, 5.41) is 11.4. The number of para-hydroxylation sites is 2. The minimum atomic E-state index is -0.404. The Morgan fingerprint density at radius 3 is 2.59 bits per heavy atom. The van der Waals surface area contributed by atoms with E-state index in [4.69, 9.17) is 4.74 Å². The van der Waals surface area contributed by atoms with Crippen molar-refractivity contribution in [1.82, 2.24) is 14.8 Å². The van der Waals surface area contributed by atoms with Crippen molar-refractivity contribution in [3.8, 4) is 17.1 Å². The molecule has 2 aromatic carbocycles. The average molecular weight is 386 g/mol. The van der Waals surface area contributed by atoms with Gasteiger partial charge < -0.3 is 14.6 Å². The first kappa shape index (κ1) is 18.9. The fourth-order valence-electron chi connectivity index (χ4n) is 2.46. The first-order valence-corrected chi connectivity index (χ1v) is 9.13. The zero-order chi connectivity index (χ0) is 19.4. The van der Waals surface area contributed by atoms with E-state index in [1.165, 1.54) is 23.9 Å². The number of hydrogen-bond donors (Lipinski definition) is 1. The Balaban J connectivity index is 1.71. The lowest BCUT2D eigenvalue weighted by atomic mass is 10.2. The van der Waals surface area contributed by atoms with Crippen molar-refractivity contribution in [2.75, 3.05) is 12.4 Å². The summed E-state index contributed by atoms with van der Waals surface area (Å²) in [5.74, 6) is 0.725. The van der Waals surface area contributed by atoms with Crippen molar-refractivity contribution in [2.24, 2.45) is 7.05 Å². The highest BCUT2D eigenvalue weighted by atomic mass is 32.2. The lowest BCUT2D eigenvalue weighted by molar-refractivity contribution is -0.115. The maximum atomic E-state index is 13.1. The smallest absolute Gasteiger partial charge is 0.237 e. The Kier molecular flexibility index (Phi) is 5.75. The summed E-state index contributed by atoms with van der Waals surface area (Å²) in [6.45, 7) is 1.79. The van der Waals surface area contributed by atoms with Crippen LogP contribution in [0.25, 0.3) is 11.4 Å². The first-order chi connectivity index (χ1) is 13.0. The van der Waals surface area contributed by atoms with Gasteiger partial charge in [-0.1, -0.05) is 23.9 Å². The number of aromatic nitrogens is 3. The Labute approximate surface area is 160 Å². The second kappa shape index (κ2) is 8.22. The van der Waals surface area contributed by atoms with Crippen LogP contribution in [0.3, 0.4) is 0 Å². The molecule has 0 bridgehead atoms. The summed E-state index contributed by atoms with van der Waals surface area (Å²) in [7, 11) is 3.37. The predicted molar refractivity (Wildman–Crippen MR) is 103 cm³/mol. The molecule has 3 aromatic rings. The second-order valence-electron chi connectivity index (χ2n) is 5.82. The molecule has 0 radical (unpaired) electrons. The van der Waals surface area contributed by atoms with Crippen LogP contribution in [0.2, 0.25) is 0 Å². The molecular weight excluding hydrogens is 367 g/mol. The van der Waals surface area contributed by atoms with Crippen LogP contribution in [-0.2, 0) is 11.8 Å². The van der Waals surface area contributed by atoms with Crippen molar-refractivity contribution in [2.45, 2.75) is 17.3 Å². The fraction of sp³-hybridized carbons (Fsp3) is 0.211. The minimum absolute atomic E-state index is 0.171. The number of amides is 1. The molecule has 1 aromatic heterocycles. The van der Waals surface area contributed by atoms with E-state index in [0.29, 0.717) is 22.4 Å². The third-order valence-electron chi connectivity index (χ3n) is 3.95. The molecule has 0 saturated heterocycles. The van der Waals surface area contributed by atoms with Gasteiger partial charge in [0.15, 0.2) is 11.0 Å². The number of rotatable bonds is 6. The van der Waals surface area contributed by atoms with Gasteiger partial charge in [-0.15, -0.1) is 10.2 Å². The van der Waals surface area contributed by atoms with E-state index in [-0.39, 0.29) is 11.7 Å². The van der Waals surface area contributed by atoms with E-state index in [0.717, 1.165) is 5.56 Å². The average Bonchev–Trinajstić information content (AvgIpc) is 3.03. The van der Waals surface area contributed by atoms with Crippen molar-refractivity contribution in [3.63, 3.8) is 0 Å². The minimum Gasteiger partial charge on any atom is -0.495 e. The standard InChI is InChI=1S/C19H19FN4O2S/c1-12(18(25)21-15-6-4-5-7-16(15)26-3)27-19-23-22-17(24(19)2)13-8-10-14(20)11-9-13/h4-12H,1-3H3,(H,21,25)/t12-/m0/s1. The van der Waals surface area contributed by atoms with Crippen LogP contribution in [0.1, 0.15) is 6.92 Å². The number of halogens is 1. The molecule has 0 aliphatic rings. The lowest BCUT2D eigenvalue weighted by Crippen LogP contribution is -2.23. The highest BCUT2D eigenvalue weighted by Gasteiger charge is 2.20. The number of hydrogen-bond acceptors (Lipinski definition) is 5. The number of carbonyl (C=O) groups excluding carboxylic acids is 1. The van der Waals surface area contributed by atoms with Crippen LogP contribution >= 0.6 is 11.8 Å². The summed E-state index contributed by atoms with van der Waals surface area (Å²) in [6.07, 6.45) is 0. The third-order valence-corrected chi connectivity index (χ3v) is 5.09. The molecule has 0 unspecified atom stereocenters. The molecule has 1 atom stereocenters. The molecule has 6 nitrogen and oxygen atoms in total. The number of anilines is 1. The molecule has 1 amide bonds. The van der Waals surface area contributed by atoms with Gasteiger partial charge in [0.2, 0.25) is 5.91 Å². The van der Waals surface area contributed by atoms with E-state index < -0.39 is 5.25 Å². The largest absolute Gasteiger partial charge is 0.495 e.